The third-order valence-electron chi connectivity index (χ3n) is 2.92. The van der Waals surface area contributed by atoms with E-state index in [1.807, 2.05) is 13.8 Å². The summed E-state index contributed by atoms with van der Waals surface area (Å²) in [5, 5.41) is 9.06. The molecule has 0 aliphatic heterocycles. The predicted octanol–water partition coefficient (Wildman–Crippen LogP) is 1.74. The molecule has 7 heteroatoms. The minimum Gasteiger partial charge on any atom is -0.478 e. The monoisotopic (exact) mass is 299 g/mol. The second kappa shape index (κ2) is 7.09. The van der Waals surface area contributed by atoms with Crippen molar-refractivity contribution in [2.24, 2.45) is 0 Å². The quantitative estimate of drug-likeness (QED) is 0.866. The maximum absolute atomic E-state index is 12.0. The average Bonchev–Trinajstić information content (AvgIpc) is 2.39. The Balaban J connectivity index is 2.85. The van der Waals surface area contributed by atoms with Crippen molar-refractivity contribution in [2.75, 3.05) is 31.6 Å². The lowest BCUT2D eigenvalue weighted by Crippen LogP contribution is -2.39. The zero-order valence-electron chi connectivity index (χ0n) is 11.8. The Bertz CT molecular complexity index is 504. The van der Waals surface area contributed by atoms with Crippen LogP contribution in [0.1, 0.15) is 24.2 Å². The largest absolute Gasteiger partial charge is 0.478 e. The van der Waals surface area contributed by atoms with Gasteiger partial charge in [-0.05, 0) is 19.9 Å². The smallest absolute Gasteiger partial charge is 0.337 e. The number of amides is 1. The summed E-state index contributed by atoms with van der Waals surface area (Å²) in [5.41, 5.74) is 0.0159. The van der Waals surface area contributed by atoms with Crippen LogP contribution in [0.25, 0.3) is 0 Å². The van der Waals surface area contributed by atoms with Crippen molar-refractivity contribution in [2.45, 2.75) is 13.8 Å². The summed E-state index contributed by atoms with van der Waals surface area (Å²) in [6.07, 6.45) is 1.22. The molecule has 6 nitrogen and oxygen atoms in total. The number of halogens is 1. The number of nitrogens with zero attached hydrogens (tertiary/aromatic N) is 3. The first-order valence-corrected chi connectivity index (χ1v) is 6.66. The minimum absolute atomic E-state index is 0.0159. The van der Waals surface area contributed by atoms with E-state index in [4.69, 9.17) is 16.7 Å². The van der Waals surface area contributed by atoms with Gasteiger partial charge >= 0.3 is 5.97 Å². The number of hydrogen-bond donors (Lipinski definition) is 1. The van der Waals surface area contributed by atoms with E-state index >= 15 is 0 Å². The molecule has 0 spiro atoms. The number of hydrogen-bond acceptors (Lipinski definition) is 4. The van der Waals surface area contributed by atoms with Crippen LogP contribution in [0.15, 0.2) is 12.3 Å². The summed E-state index contributed by atoms with van der Waals surface area (Å²) < 4.78 is 0. The lowest BCUT2D eigenvalue weighted by atomic mass is 10.3. The van der Waals surface area contributed by atoms with Gasteiger partial charge in [0.25, 0.3) is 0 Å². The van der Waals surface area contributed by atoms with Crippen LogP contribution in [0.5, 0.6) is 0 Å². The Morgan fingerprint density at radius 2 is 1.95 bits per heavy atom. The zero-order valence-corrected chi connectivity index (χ0v) is 12.5. The van der Waals surface area contributed by atoms with E-state index in [0.717, 1.165) is 0 Å². The van der Waals surface area contributed by atoms with Gasteiger partial charge in [-0.2, -0.15) is 0 Å². The van der Waals surface area contributed by atoms with Gasteiger partial charge in [-0.1, -0.05) is 11.6 Å². The molecular weight excluding hydrogens is 282 g/mol. The highest BCUT2D eigenvalue weighted by atomic mass is 35.5. The summed E-state index contributed by atoms with van der Waals surface area (Å²) in [6.45, 7) is 5.24. The van der Waals surface area contributed by atoms with E-state index in [1.165, 1.54) is 12.3 Å². The van der Waals surface area contributed by atoms with Gasteiger partial charge in [-0.15, -0.1) is 0 Å². The number of carbonyl (C=O) groups is 2. The van der Waals surface area contributed by atoms with Crippen LogP contribution in [0, 0.1) is 0 Å². The lowest BCUT2D eigenvalue weighted by molar-refractivity contribution is -0.129. The first-order chi connectivity index (χ1) is 9.40. The third kappa shape index (κ3) is 3.84. The fourth-order valence-corrected chi connectivity index (χ4v) is 2.09. The number of rotatable bonds is 6. The van der Waals surface area contributed by atoms with Crippen molar-refractivity contribution in [1.29, 1.82) is 0 Å². The standard InChI is InChI=1S/C13H18ClN3O3/c1-4-17(5-2)11(18)8-16(3)12-10(14)6-9(7-15-12)13(19)20/h6-7H,4-5,8H2,1-3H3,(H,19,20). The van der Waals surface area contributed by atoms with E-state index in [9.17, 15) is 9.59 Å². The zero-order chi connectivity index (χ0) is 15.3. The van der Waals surface area contributed by atoms with Gasteiger partial charge in [0.05, 0.1) is 17.1 Å². The Hall–Kier alpha value is -1.82. The van der Waals surface area contributed by atoms with Gasteiger partial charge in [-0.25, -0.2) is 9.78 Å². The maximum Gasteiger partial charge on any atom is 0.337 e. The van der Waals surface area contributed by atoms with E-state index in [-0.39, 0.29) is 23.0 Å². The van der Waals surface area contributed by atoms with E-state index in [1.54, 1.807) is 16.8 Å². The van der Waals surface area contributed by atoms with Crippen LogP contribution in [-0.4, -0.2) is 53.5 Å². The third-order valence-corrected chi connectivity index (χ3v) is 3.20. The van der Waals surface area contributed by atoms with E-state index in [2.05, 4.69) is 4.98 Å². The lowest BCUT2D eigenvalue weighted by Gasteiger charge is -2.24. The van der Waals surface area contributed by atoms with Crippen molar-refractivity contribution in [3.8, 4) is 0 Å². The summed E-state index contributed by atoms with van der Waals surface area (Å²) in [4.78, 5) is 30.1. The first kappa shape index (κ1) is 16.2. The van der Waals surface area contributed by atoms with E-state index in [0.29, 0.717) is 18.9 Å². The highest BCUT2D eigenvalue weighted by Gasteiger charge is 2.16. The van der Waals surface area contributed by atoms with Crippen LogP contribution in [-0.2, 0) is 4.79 Å². The van der Waals surface area contributed by atoms with Crippen molar-refractivity contribution in [1.82, 2.24) is 9.88 Å². The summed E-state index contributed by atoms with van der Waals surface area (Å²) >= 11 is 6.01. The molecule has 0 unspecified atom stereocenters. The molecule has 0 aliphatic rings. The van der Waals surface area contributed by atoms with Crippen molar-refractivity contribution in [3.63, 3.8) is 0 Å². The molecule has 1 aromatic heterocycles. The molecule has 0 atom stereocenters. The molecule has 0 radical (unpaired) electrons. The van der Waals surface area contributed by atoms with Crippen LogP contribution < -0.4 is 4.90 Å². The number of carboxylic acids is 1. The predicted molar refractivity (Wildman–Crippen MR) is 77.4 cm³/mol. The Labute approximate surface area is 123 Å². The van der Waals surface area contributed by atoms with Crippen LogP contribution in [0.3, 0.4) is 0 Å². The molecule has 0 fully saturated rings. The van der Waals surface area contributed by atoms with Gasteiger partial charge in [0.2, 0.25) is 5.91 Å². The normalized spacial score (nSPS) is 10.2. The number of carbonyl (C=O) groups excluding carboxylic acids is 1. The number of likely N-dealkylation sites (N-methyl/N-ethyl adjacent to an activating group) is 2. The molecule has 1 rings (SSSR count). The number of anilines is 1. The highest BCUT2D eigenvalue weighted by Crippen LogP contribution is 2.23. The van der Waals surface area contributed by atoms with Crippen LogP contribution in [0.2, 0.25) is 5.02 Å². The average molecular weight is 300 g/mol. The molecule has 1 amide bonds. The number of aromatic carboxylic acids is 1. The van der Waals surface area contributed by atoms with Gasteiger partial charge in [0, 0.05) is 26.3 Å². The van der Waals surface area contributed by atoms with Gasteiger partial charge in [0.15, 0.2) is 0 Å². The molecule has 0 aromatic carbocycles. The molecule has 0 saturated heterocycles. The Kier molecular flexibility index (Phi) is 5.76. The van der Waals surface area contributed by atoms with Crippen molar-refractivity contribution < 1.29 is 14.7 Å². The highest BCUT2D eigenvalue weighted by molar-refractivity contribution is 6.33. The van der Waals surface area contributed by atoms with Gasteiger partial charge in [-0.3, -0.25) is 4.79 Å². The number of pyridine rings is 1. The molecule has 0 bridgehead atoms. The molecule has 1 N–H and O–H groups in total. The van der Waals surface area contributed by atoms with E-state index < -0.39 is 5.97 Å². The fraction of sp³-hybridized carbons (Fsp3) is 0.462. The Morgan fingerprint density at radius 3 is 2.40 bits per heavy atom. The Morgan fingerprint density at radius 1 is 1.35 bits per heavy atom. The van der Waals surface area contributed by atoms with Crippen LogP contribution >= 0.6 is 11.6 Å². The van der Waals surface area contributed by atoms with Gasteiger partial charge in [0.1, 0.15) is 5.82 Å². The second-order valence-corrected chi connectivity index (χ2v) is 4.66. The number of aromatic nitrogens is 1. The number of carboxylic acid groups (broad SMARTS) is 1. The molecule has 1 heterocycles. The van der Waals surface area contributed by atoms with Gasteiger partial charge < -0.3 is 14.9 Å². The molecular formula is C13H18ClN3O3. The topological polar surface area (TPSA) is 73.7 Å². The second-order valence-electron chi connectivity index (χ2n) is 4.26. The maximum atomic E-state index is 12.0. The molecule has 1 aromatic rings. The SMILES string of the molecule is CCN(CC)C(=O)CN(C)c1ncc(C(=O)O)cc1Cl. The molecule has 110 valence electrons. The van der Waals surface area contributed by atoms with Crippen molar-refractivity contribution >= 4 is 29.3 Å². The molecule has 20 heavy (non-hydrogen) atoms. The van der Waals surface area contributed by atoms with Crippen molar-refractivity contribution in [3.05, 3.63) is 22.8 Å². The fourth-order valence-electron chi connectivity index (χ4n) is 1.78. The molecule has 0 saturated carbocycles. The first-order valence-electron chi connectivity index (χ1n) is 6.28. The summed E-state index contributed by atoms with van der Waals surface area (Å²) in [7, 11) is 1.69. The summed E-state index contributed by atoms with van der Waals surface area (Å²) in [5.74, 6) is -0.734. The minimum atomic E-state index is -1.09. The summed E-state index contributed by atoms with van der Waals surface area (Å²) in [6, 6.07) is 1.32. The van der Waals surface area contributed by atoms with Crippen LogP contribution in [0.4, 0.5) is 5.82 Å². The molecule has 0 aliphatic carbocycles.